The number of hydrogen-bond acceptors (Lipinski definition) is 5. The maximum absolute atomic E-state index is 12.0. The monoisotopic (exact) mass is 307 g/mol. The van der Waals surface area contributed by atoms with Gasteiger partial charge in [-0.25, -0.2) is 8.42 Å². The largest absolute Gasteiger partial charge is 0.394 e. The van der Waals surface area contributed by atoms with Crippen LogP contribution in [-0.2, 0) is 9.84 Å². The number of rotatable bonds is 6. The van der Waals surface area contributed by atoms with E-state index in [1.54, 1.807) is 13.8 Å². The number of aliphatic hydroxyl groups excluding tert-OH is 2. The third-order valence-corrected chi connectivity index (χ3v) is 5.11. The molecule has 0 radical (unpaired) electrons. The molecule has 1 rings (SSSR count). The van der Waals surface area contributed by atoms with Crippen LogP contribution in [-0.4, -0.2) is 43.1 Å². The zero-order valence-electron chi connectivity index (χ0n) is 10.8. The van der Waals surface area contributed by atoms with Crippen LogP contribution in [0.4, 0.5) is 5.69 Å². The molecule has 0 saturated carbocycles. The van der Waals surface area contributed by atoms with E-state index in [4.69, 9.17) is 16.7 Å². The lowest BCUT2D eigenvalue weighted by Gasteiger charge is -2.14. The van der Waals surface area contributed by atoms with Gasteiger partial charge in [0.1, 0.15) is 0 Å². The summed E-state index contributed by atoms with van der Waals surface area (Å²) in [5.41, 5.74) is 0.413. The van der Waals surface area contributed by atoms with E-state index in [9.17, 15) is 13.5 Å². The predicted molar refractivity (Wildman–Crippen MR) is 75.4 cm³/mol. The number of nitrogens with one attached hydrogen (secondary N) is 1. The lowest BCUT2D eigenvalue weighted by Crippen LogP contribution is -2.23. The Balaban J connectivity index is 3.01. The number of sulfone groups is 1. The highest BCUT2D eigenvalue weighted by Gasteiger charge is 2.20. The Morgan fingerprint density at radius 2 is 2.00 bits per heavy atom. The second kappa shape index (κ2) is 6.56. The van der Waals surface area contributed by atoms with Gasteiger partial charge in [0, 0.05) is 6.54 Å². The molecule has 0 spiro atoms. The summed E-state index contributed by atoms with van der Waals surface area (Å²) in [4.78, 5) is 0.174. The third-order valence-electron chi connectivity index (χ3n) is 2.63. The van der Waals surface area contributed by atoms with Crippen molar-refractivity contribution < 1.29 is 18.6 Å². The molecule has 0 aliphatic carbocycles. The molecule has 1 atom stereocenters. The van der Waals surface area contributed by atoms with E-state index in [1.807, 2.05) is 0 Å². The van der Waals surface area contributed by atoms with Gasteiger partial charge in [-0.1, -0.05) is 11.6 Å². The van der Waals surface area contributed by atoms with Crippen LogP contribution in [0.25, 0.3) is 0 Å². The summed E-state index contributed by atoms with van der Waals surface area (Å²) in [5, 5.41) is 20.6. The zero-order chi connectivity index (χ0) is 14.6. The van der Waals surface area contributed by atoms with Crippen LogP contribution >= 0.6 is 11.6 Å². The van der Waals surface area contributed by atoms with Gasteiger partial charge in [0.15, 0.2) is 9.84 Å². The lowest BCUT2D eigenvalue weighted by atomic mass is 10.3. The molecule has 1 unspecified atom stereocenters. The Morgan fingerprint density at radius 1 is 1.37 bits per heavy atom. The van der Waals surface area contributed by atoms with Crippen LogP contribution in [0.15, 0.2) is 23.1 Å². The smallest absolute Gasteiger partial charge is 0.180 e. The van der Waals surface area contributed by atoms with E-state index in [1.165, 1.54) is 18.2 Å². The fourth-order valence-corrected chi connectivity index (χ4v) is 2.65. The first kappa shape index (κ1) is 16.2. The SMILES string of the molecule is CC(C)S(=O)(=O)c1ccc(Cl)c(NCC(O)CO)c1. The summed E-state index contributed by atoms with van der Waals surface area (Å²) in [6.07, 6.45) is -0.929. The number of hydrogen-bond donors (Lipinski definition) is 3. The number of benzene rings is 1. The Bertz CT molecular complexity index is 531. The van der Waals surface area contributed by atoms with Crippen LogP contribution in [0.2, 0.25) is 5.02 Å². The van der Waals surface area contributed by atoms with Crippen molar-refractivity contribution in [3.8, 4) is 0 Å². The van der Waals surface area contributed by atoms with Gasteiger partial charge >= 0.3 is 0 Å². The quantitative estimate of drug-likeness (QED) is 0.737. The van der Waals surface area contributed by atoms with Crippen LogP contribution < -0.4 is 5.32 Å². The molecule has 0 bridgehead atoms. The molecule has 19 heavy (non-hydrogen) atoms. The normalized spacial score (nSPS) is 13.6. The summed E-state index contributed by atoms with van der Waals surface area (Å²) < 4.78 is 24.1. The zero-order valence-corrected chi connectivity index (χ0v) is 12.4. The van der Waals surface area contributed by atoms with Gasteiger partial charge in [-0.2, -0.15) is 0 Å². The summed E-state index contributed by atoms with van der Waals surface area (Å²) in [6.45, 7) is 2.91. The fraction of sp³-hybridized carbons (Fsp3) is 0.500. The molecule has 0 fully saturated rings. The molecule has 1 aromatic rings. The number of aliphatic hydroxyl groups is 2. The van der Waals surface area contributed by atoms with Crippen molar-refractivity contribution in [3.05, 3.63) is 23.2 Å². The van der Waals surface area contributed by atoms with Gasteiger partial charge in [0.25, 0.3) is 0 Å². The standard InChI is InChI=1S/C12H18ClNO4S/c1-8(2)19(17,18)10-3-4-11(13)12(5-10)14-6-9(16)7-15/h3-5,8-9,14-16H,6-7H2,1-2H3. The average molecular weight is 308 g/mol. The van der Waals surface area contributed by atoms with Gasteiger partial charge in [-0.15, -0.1) is 0 Å². The Kier molecular flexibility index (Phi) is 5.61. The summed E-state index contributed by atoms with van der Waals surface area (Å²) in [7, 11) is -3.37. The van der Waals surface area contributed by atoms with Gasteiger partial charge in [-0.05, 0) is 32.0 Å². The van der Waals surface area contributed by atoms with Crippen LogP contribution in [0, 0.1) is 0 Å². The van der Waals surface area contributed by atoms with Gasteiger partial charge in [0.05, 0.1) is 33.6 Å². The fourth-order valence-electron chi connectivity index (χ4n) is 1.38. The van der Waals surface area contributed by atoms with Crippen LogP contribution in [0.5, 0.6) is 0 Å². The van der Waals surface area contributed by atoms with Crippen molar-refractivity contribution in [1.29, 1.82) is 0 Å². The molecule has 5 nitrogen and oxygen atoms in total. The highest BCUT2D eigenvalue weighted by atomic mass is 35.5. The van der Waals surface area contributed by atoms with Gasteiger partial charge < -0.3 is 15.5 Å². The summed E-state index contributed by atoms with van der Waals surface area (Å²) >= 11 is 5.95. The van der Waals surface area contributed by atoms with Crippen molar-refractivity contribution in [2.45, 2.75) is 30.1 Å². The molecule has 0 aliphatic rings. The minimum atomic E-state index is -3.37. The van der Waals surface area contributed by atoms with Gasteiger partial charge in [0.2, 0.25) is 0 Å². The summed E-state index contributed by atoms with van der Waals surface area (Å²) in [6, 6.07) is 4.37. The van der Waals surface area contributed by atoms with Crippen molar-refractivity contribution in [1.82, 2.24) is 0 Å². The van der Waals surface area contributed by atoms with E-state index < -0.39 is 21.2 Å². The van der Waals surface area contributed by atoms with Crippen molar-refractivity contribution in [3.63, 3.8) is 0 Å². The minimum Gasteiger partial charge on any atom is -0.394 e. The summed E-state index contributed by atoms with van der Waals surface area (Å²) in [5.74, 6) is 0. The first-order valence-corrected chi connectivity index (χ1v) is 7.77. The molecular weight excluding hydrogens is 290 g/mol. The average Bonchev–Trinajstić information content (AvgIpc) is 2.36. The van der Waals surface area contributed by atoms with Crippen LogP contribution in [0.3, 0.4) is 0 Å². The first-order chi connectivity index (χ1) is 8.78. The van der Waals surface area contributed by atoms with E-state index in [-0.39, 0.29) is 18.0 Å². The van der Waals surface area contributed by atoms with Crippen LogP contribution in [0.1, 0.15) is 13.8 Å². The maximum atomic E-state index is 12.0. The number of halogens is 1. The van der Waals surface area contributed by atoms with E-state index >= 15 is 0 Å². The molecule has 0 aliphatic heterocycles. The van der Waals surface area contributed by atoms with Gasteiger partial charge in [-0.3, -0.25) is 0 Å². The number of anilines is 1. The van der Waals surface area contributed by atoms with Crippen molar-refractivity contribution in [2.75, 3.05) is 18.5 Å². The highest BCUT2D eigenvalue weighted by molar-refractivity contribution is 7.92. The Labute approximate surface area is 118 Å². The molecule has 0 saturated heterocycles. The molecule has 0 heterocycles. The molecule has 1 aromatic carbocycles. The predicted octanol–water partition coefficient (Wildman–Crippen LogP) is 1.29. The van der Waals surface area contributed by atoms with Crippen molar-refractivity contribution >= 4 is 27.1 Å². The molecule has 3 N–H and O–H groups in total. The van der Waals surface area contributed by atoms with E-state index in [0.29, 0.717) is 10.7 Å². The molecule has 0 amide bonds. The first-order valence-electron chi connectivity index (χ1n) is 5.85. The Hall–Kier alpha value is -0.820. The van der Waals surface area contributed by atoms with Crippen molar-refractivity contribution in [2.24, 2.45) is 0 Å². The molecule has 108 valence electrons. The molecular formula is C12H18ClNO4S. The van der Waals surface area contributed by atoms with E-state index in [0.717, 1.165) is 0 Å². The molecule has 0 aromatic heterocycles. The minimum absolute atomic E-state index is 0.0847. The Morgan fingerprint density at radius 3 is 2.53 bits per heavy atom. The second-order valence-corrected chi connectivity index (χ2v) is 7.36. The molecule has 7 heteroatoms. The third kappa shape index (κ3) is 4.07. The topological polar surface area (TPSA) is 86.6 Å². The highest BCUT2D eigenvalue weighted by Crippen LogP contribution is 2.27. The maximum Gasteiger partial charge on any atom is 0.180 e. The van der Waals surface area contributed by atoms with E-state index in [2.05, 4.69) is 5.32 Å². The lowest BCUT2D eigenvalue weighted by molar-refractivity contribution is 0.105. The second-order valence-electron chi connectivity index (χ2n) is 4.45.